The molecule has 1 nitrogen and oxygen atoms in total. The Kier molecular flexibility index (Phi) is 4.12. The first-order chi connectivity index (χ1) is 6.97. The van der Waals surface area contributed by atoms with Crippen LogP contribution in [0, 0.1) is 12.7 Å². The van der Waals surface area contributed by atoms with Crippen molar-refractivity contribution in [3.05, 3.63) is 35.1 Å². The van der Waals surface area contributed by atoms with Crippen molar-refractivity contribution in [3.8, 4) is 0 Å². The zero-order valence-electron chi connectivity index (χ0n) is 9.40. The highest BCUT2D eigenvalue weighted by Crippen LogP contribution is 2.24. The monoisotopic (exact) mass is 229 g/mol. The van der Waals surface area contributed by atoms with Gasteiger partial charge >= 0.3 is 0 Å². The quantitative estimate of drug-likeness (QED) is 0.618. The second-order valence-electron chi connectivity index (χ2n) is 4.41. The van der Waals surface area contributed by atoms with Crippen LogP contribution in [0.1, 0.15) is 25.0 Å². The first-order valence-electron chi connectivity index (χ1n) is 5.00. The summed E-state index contributed by atoms with van der Waals surface area (Å²) in [5.41, 5.74) is 1.78. The first kappa shape index (κ1) is 12.5. The summed E-state index contributed by atoms with van der Waals surface area (Å²) in [6.07, 6.45) is 0. The average molecular weight is 230 g/mol. The van der Waals surface area contributed by atoms with Crippen molar-refractivity contribution in [2.45, 2.75) is 26.2 Å². The Labute approximate surface area is 95.6 Å². The smallest absolute Gasteiger partial charge is 0.126 e. The third-order valence-electron chi connectivity index (χ3n) is 2.60. The average Bonchev–Trinajstić information content (AvgIpc) is 2.19. The summed E-state index contributed by atoms with van der Waals surface area (Å²) >= 11 is 5.58. The molecule has 0 bridgehead atoms. The Morgan fingerprint density at radius 2 is 2.07 bits per heavy atom. The molecular formula is C12H17ClFN. The van der Waals surface area contributed by atoms with Crippen LogP contribution in [-0.4, -0.2) is 12.5 Å². The molecule has 1 rings (SSSR count). The molecule has 0 saturated carbocycles. The second-order valence-corrected chi connectivity index (χ2v) is 4.68. The van der Waals surface area contributed by atoms with E-state index in [9.17, 15) is 4.39 Å². The van der Waals surface area contributed by atoms with E-state index in [1.165, 1.54) is 6.07 Å². The van der Waals surface area contributed by atoms with Crippen molar-refractivity contribution in [1.29, 1.82) is 0 Å². The summed E-state index contributed by atoms with van der Waals surface area (Å²) in [6.45, 7) is 6.78. The van der Waals surface area contributed by atoms with E-state index in [4.69, 9.17) is 11.6 Å². The van der Waals surface area contributed by atoms with Crippen molar-refractivity contribution < 1.29 is 4.39 Å². The lowest BCUT2D eigenvalue weighted by molar-refractivity contribution is 0.487. The van der Waals surface area contributed by atoms with Gasteiger partial charge in [0.15, 0.2) is 0 Å². The molecule has 1 aromatic rings. The van der Waals surface area contributed by atoms with Crippen LogP contribution in [0.2, 0.25) is 0 Å². The lowest BCUT2D eigenvalue weighted by atomic mass is 9.84. The summed E-state index contributed by atoms with van der Waals surface area (Å²) in [7, 11) is 0. The highest BCUT2D eigenvalue weighted by atomic mass is 35.5. The predicted octanol–water partition coefficient (Wildman–Crippen LogP) is 3.20. The van der Waals surface area contributed by atoms with Gasteiger partial charge in [0.2, 0.25) is 0 Å². The van der Waals surface area contributed by atoms with E-state index in [2.05, 4.69) is 19.2 Å². The minimum atomic E-state index is -0.153. The number of benzene rings is 1. The third kappa shape index (κ3) is 3.18. The van der Waals surface area contributed by atoms with E-state index in [-0.39, 0.29) is 11.2 Å². The molecule has 0 fully saturated rings. The van der Waals surface area contributed by atoms with Crippen LogP contribution in [-0.2, 0) is 5.41 Å². The minimum Gasteiger partial charge on any atom is -0.303 e. The van der Waals surface area contributed by atoms with Crippen LogP contribution < -0.4 is 5.32 Å². The molecule has 0 aliphatic heterocycles. The van der Waals surface area contributed by atoms with E-state index in [0.29, 0.717) is 11.6 Å². The van der Waals surface area contributed by atoms with Gasteiger partial charge in [0, 0.05) is 12.0 Å². The fraction of sp³-hybridized carbons (Fsp3) is 0.500. The zero-order chi connectivity index (χ0) is 11.5. The molecule has 0 unspecified atom stereocenters. The van der Waals surface area contributed by atoms with Crippen molar-refractivity contribution >= 4 is 11.6 Å². The number of hydrogen-bond donors (Lipinski definition) is 1. The molecule has 0 radical (unpaired) electrons. The Hall–Kier alpha value is -0.600. The Morgan fingerprint density at radius 1 is 1.40 bits per heavy atom. The maximum absolute atomic E-state index is 13.1. The van der Waals surface area contributed by atoms with Crippen LogP contribution in [0.5, 0.6) is 0 Å². The van der Waals surface area contributed by atoms with Crippen LogP contribution >= 0.6 is 11.6 Å². The molecule has 0 saturated heterocycles. The molecule has 0 amide bonds. The SMILES string of the molecule is Cc1cc(C(C)(C)CNCCl)ccc1F. The second kappa shape index (κ2) is 4.95. The van der Waals surface area contributed by atoms with Crippen molar-refractivity contribution in [1.82, 2.24) is 5.32 Å². The molecule has 3 heteroatoms. The molecule has 15 heavy (non-hydrogen) atoms. The fourth-order valence-electron chi connectivity index (χ4n) is 1.53. The molecule has 0 aliphatic carbocycles. The van der Waals surface area contributed by atoms with Crippen LogP contribution in [0.15, 0.2) is 18.2 Å². The lowest BCUT2D eigenvalue weighted by Gasteiger charge is -2.25. The van der Waals surface area contributed by atoms with Crippen LogP contribution in [0.4, 0.5) is 4.39 Å². The molecule has 0 aromatic heterocycles. The van der Waals surface area contributed by atoms with Gasteiger partial charge in [0.05, 0.1) is 6.00 Å². The largest absolute Gasteiger partial charge is 0.303 e. The normalized spacial score (nSPS) is 11.8. The molecule has 0 heterocycles. The summed E-state index contributed by atoms with van der Waals surface area (Å²) < 4.78 is 13.1. The van der Waals surface area contributed by atoms with Gasteiger partial charge in [-0.2, -0.15) is 0 Å². The van der Waals surface area contributed by atoms with Gasteiger partial charge in [-0.15, -0.1) is 11.6 Å². The Morgan fingerprint density at radius 3 is 2.60 bits per heavy atom. The van der Waals surface area contributed by atoms with Gasteiger partial charge < -0.3 is 5.32 Å². The molecule has 1 aromatic carbocycles. The van der Waals surface area contributed by atoms with Crippen LogP contribution in [0.3, 0.4) is 0 Å². The lowest BCUT2D eigenvalue weighted by Crippen LogP contribution is -2.32. The number of rotatable bonds is 4. The maximum atomic E-state index is 13.1. The summed E-state index contributed by atoms with van der Waals surface area (Å²) in [4.78, 5) is 0. The van der Waals surface area contributed by atoms with Gasteiger partial charge in [-0.25, -0.2) is 4.39 Å². The number of hydrogen-bond acceptors (Lipinski definition) is 1. The van der Waals surface area contributed by atoms with Gasteiger partial charge in [-0.05, 0) is 24.1 Å². The highest BCUT2D eigenvalue weighted by Gasteiger charge is 2.20. The number of alkyl halides is 1. The van der Waals surface area contributed by atoms with E-state index in [0.717, 1.165) is 12.1 Å². The van der Waals surface area contributed by atoms with Crippen molar-refractivity contribution in [2.75, 3.05) is 12.5 Å². The first-order valence-corrected chi connectivity index (χ1v) is 5.54. The highest BCUT2D eigenvalue weighted by molar-refractivity contribution is 6.17. The molecular weight excluding hydrogens is 213 g/mol. The molecule has 0 aliphatic rings. The van der Waals surface area contributed by atoms with Gasteiger partial charge in [0.25, 0.3) is 0 Å². The molecule has 84 valence electrons. The van der Waals surface area contributed by atoms with Crippen LogP contribution in [0.25, 0.3) is 0 Å². The summed E-state index contributed by atoms with van der Waals surface area (Å²) in [5.74, 6) is -0.153. The van der Waals surface area contributed by atoms with Gasteiger partial charge in [0.1, 0.15) is 5.82 Å². The van der Waals surface area contributed by atoms with Gasteiger partial charge in [-0.1, -0.05) is 26.0 Å². The minimum absolute atomic E-state index is 0.0344. The predicted molar refractivity (Wildman–Crippen MR) is 62.9 cm³/mol. The van der Waals surface area contributed by atoms with Crippen molar-refractivity contribution in [3.63, 3.8) is 0 Å². The van der Waals surface area contributed by atoms with Gasteiger partial charge in [-0.3, -0.25) is 0 Å². The number of halogens is 2. The molecule has 0 spiro atoms. The van der Waals surface area contributed by atoms with Crippen molar-refractivity contribution in [2.24, 2.45) is 0 Å². The summed E-state index contributed by atoms with van der Waals surface area (Å²) in [6, 6.07) is 5.68. The molecule has 1 N–H and O–H groups in total. The standard InChI is InChI=1S/C12H17ClFN/c1-9-6-10(4-5-11(9)14)12(2,3)7-15-8-13/h4-6,15H,7-8H2,1-3H3. The third-order valence-corrected chi connectivity index (χ3v) is 2.79. The topological polar surface area (TPSA) is 12.0 Å². The number of aryl methyl sites for hydroxylation is 1. The van der Waals surface area contributed by atoms with E-state index >= 15 is 0 Å². The Bertz CT molecular complexity index is 336. The molecule has 0 atom stereocenters. The maximum Gasteiger partial charge on any atom is 0.126 e. The Balaban J connectivity index is 2.89. The number of nitrogens with one attached hydrogen (secondary N) is 1. The fourth-order valence-corrected chi connectivity index (χ4v) is 1.62. The summed E-state index contributed by atoms with van der Waals surface area (Å²) in [5, 5.41) is 3.09. The zero-order valence-corrected chi connectivity index (χ0v) is 10.2. The van der Waals surface area contributed by atoms with E-state index in [1.807, 2.05) is 12.1 Å². The van der Waals surface area contributed by atoms with E-state index in [1.54, 1.807) is 6.92 Å². The van der Waals surface area contributed by atoms with E-state index < -0.39 is 0 Å².